The molecule has 0 heterocycles. The second kappa shape index (κ2) is 14.6. The molecule has 8 heteroatoms. The summed E-state index contributed by atoms with van der Waals surface area (Å²) in [5.41, 5.74) is 3.15. The Kier molecular flexibility index (Phi) is 10.7. The van der Waals surface area contributed by atoms with Crippen molar-refractivity contribution < 1.29 is 18.0 Å². The fourth-order valence-electron chi connectivity index (χ4n) is 4.90. The number of benzene rings is 4. The Labute approximate surface area is 255 Å². The van der Waals surface area contributed by atoms with Crippen molar-refractivity contribution in [2.75, 3.05) is 17.4 Å². The standard InChI is InChI=1S/C35H39N3O4S/c1-4-36-35(40)33(24-28-14-8-5-9-15-28)37(25-29-16-10-6-11-17-29)34(39)26-38(31-22-20-30(21-23-31)27(2)3)43(41,42)32-18-12-7-13-19-32/h5-23,27,33H,4,24-26H2,1-3H3,(H,36,40)/t33-/m0/s1. The van der Waals surface area contributed by atoms with E-state index in [4.69, 9.17) is 0 Å². The molecular weight excluding hydrogens is 558 g/mol. The topological polar surface area (TPSA) is 86.8 Å². The molecule has 224 valence electrons. The number of rotatable bonds is 13. The van der Waals surface area contributed by atoms with Crippen molar-refractivity contribution in [2.24, 2.45) is 0 Å². The summed E-state index contributed by atoms with van der Waals surface area (Å²) < 4.78 is 29.2. The van der Waals surface area contributed by atoms with Crippen LogP contribution in [0, 0.1) is 0 Å². The second-order valence-electron chi connectivity index (χ2n) is 10.7. The molecule has 0 saturated carbocycles. The summed E-state index contributed by atoms with van der Waals surface area (Å²) in [4.78, 5) is 29.5. The highest BCUT2D eigenvalue weighted by Crippen LogP contribution is 2.27. The third kappa shape index (κ3) is 8.11. The zero-order chi connectivity index (χ0) is 30.8. The Hall–Kier alpha value is -4.43. The Morgan fingerprint density at radius 3 is 1.81 bits per heavy atom. The lowest BCUT2D eigenvalue weighted by Crippen LogP contribution is -2.53. The molecule has 0 fully saturated rings. The molecule has 0 bridgehead atoms. The van der Waals surface area contributed by atoms with E-state index in [1.807, 2.05) is 79.7 Å². The number of anilines is 1. The number of hydrogen-bond donors (Lipinski definition) is 1. The lowest BCUT2D eigenvalue weighted by molar-refractivity contribution is -0.140. The molecule has 4 rings (SSSR count). The highest BCUT2D eigenvalue weighted by molar-refractivity contribution is 7.92. The van der Waals surface area contributed by atoms with Crippen LogP contribution in [0.3, 0.4) is 0 Å². The Balaban J connectivity index is 1.78. The molecule has 1 N–H and O–H groups in total. The summed E-state index contributed by atoms with van der Waals surface area (Å²) in [6.07, 6.45) is 0.278. The van der Waals surface area contributed by atoms with Gasteiger partial charge in [0, 0.05) is 19.5 Å². The second-order valence-corrected chi connectivity index (χ2v) is 12.5. The first-order valence-electron chi connectivity index (χ1n) is 14.5. The largest absolute Gasteiger partial charge is 0.355 e. The predicted molar refractivity (Wildman–Crippen MR) is 171 cm³/mol. The van der Waals surface area contributed by atoms with Crippen LogP contribution in [0.4, 0.5) is 5.69 Å². The molecule has 0 radical (unpaired) electrons. The van der Waals surface area contributed by atoms with Crippen LogP contribution in [0.5, 0.6) is 0 Å². The lowest BCUT2D eigenvalue weighted by Gasteiger charge is -2.34. The summed E-state index contributed by atoms with van der Waals surface area (Å²) in [5.74, 6) is -0.523. The summed E-state index contributed by atoms with van der Waals surface area (Å²) >= 11 is 0. The van der Waals surface area contributed by atoms with Gasteiger partial charge in [-0.2, -0.15) is 0 Å². The van der Waals surface area contributed by atoms with Crippen LogP contribution in [-0.4, -0.2) is 44.3 Å². The molecule has 7 nitrogen and oxygen atoms in total. The number of amides is 2. The van der Waals surface area contributed by atoms with E-state index in [9.17, 15) is 18.0 Å². The fourth-order valence-corrected chi connectivity index (χ4v) is 6.34. The molecule has 0 aromatic heterocycles. The maximum absolute atomic E-state index is 14.4. The van der Waals surface area contributed by atoms with Gasteiger partial charge >= 0.3 is 0 Å². The third-order valence-corrected chi connectivity index (χ3v) is 9.06. The minimum absolute atomic E-state index is 0.0786. The van der Waals surface area contributed by atoms with E-state index in [-0.39, 0.29) is 29.7 Å². The maximum atomic E-state index is 14.4. The van der Waals surface area contributed by atoms with Crippen LogP contribution in [-0.2, 0) is 32.6 Å². The maximum Gasteiger partial charge on any atom is 0.264 e. The molecule has 1 atom stereocenters. The third-order valence-electron chi connectivity index (χ3n) is 7.28. The molecule has 0 aliphatic rings. The lowest BCUT2D eigenvalue weighted by atomic mass is 10.0. The minimum Gasteiger partial charge on any atom is -0.355 e. The number of carbonyl (C=O) groups is 2. The van der Waals surface area contributed by atoms with Crippen molar-refractivity contribution >= 4 is 27.5 Å². The van der Waals surface area contributed by atoms with Crippen LogP contribution in [0.1, 0.15) is 43.4 Å². The first-order valence-corrected chi connectivity index (χ1v) is 16.0. The van der Waals surface area contributed by atoms with Gasteiger partial charge in [-0.15, -0.1) is 0 Å². The van der Waals surface area contributed by atoms with Crippen LogP contribution < -0.4 is 9.62 Å². The van der Waals surface area contributed by atoms with Gasteiger partial charge in [0.05, 0.1) is 10.6 Å². The SMILES string of the molecule is CCNC(=O)[C@H](Cc1ccccc1)N(Cc1ccccc1)C(=O)CN(c1ccc(C(C)C)cc1)S(=O)(=O)c1ccccc1. The van der Waals surface area contributed by atoms with E-state index in [0.29, 0.717) is 12.2 Å². The van der Waals surface area contributed by atoms with Crippen LogP contribution in [0.25, 0.3) is 0 Å². The van der Waals surface area contributed by atoms with Gasteiger partial charge in [0.25, 0.3) is 10.0 Å². The van der Waals surface area contributed by atoms with E-state index in [1.54, 1.807) is 30.3 Å². The normalized spacial score (nSPS) is 12.0. The van der Waals surface area contributed by atoms with E-state index in [1.165, 1.54) is 17.0 Å². The Morgan fingerprint density at radius 1 is 0.744 bits per heavy atom. The highest BCUT2D eigenvalue weighted by atomic mass is 32.2. The molecule has 0 spiro atoms. The van der Waals surface area contributed by atoms with Crippen molar-refractivity contribution in [3.8, 4) is 0 Å². The average molecular weight is 598 g/mol. The molecule has 43 heavy (non-hydrogen) atoms. The van der Waals surface area contributed by atoms with Gasteiger partial charge in [-0.05, 0) is 53.8 Å². The summed E-state index contributed by atoms with van der Waals surface area (Å²) in [7, 11) is -4.12. The van der Waals surface area contributed by atoms with Crippen molar-refractivity contribution in [1.82, 2.24) is 10.2 Å². The van der Waals surface area contributed by atoms with Gasteiger partial charge in [-0.3, -0.25) is 13.9 Å². The van der Waals surface area contributed by atoms with E-state index in [2.05, 4.69) is 19.2 Å². The molecular formula is C35H39N3O4S. The number of nitrogens with one attached hydrogen (secondary N) is 1. The summed E-state index contributed by atoms with van der Waals surface area (Å²) in [5, 5.41) is 2.88. The zero-order valence-corrected chi connectivity index (χ0v) is 25.7. The average Bonchev–Trinajstić information content (AvgIpc) is 3.03. The predicted octanol–water partition coefficient (Wildman–Crippen LogP) is 5.78. The zero-order valence-electron chi connectivity index (χ0n) is 24.9. The first-order chi connectivity index (χ1) is 20.7. The number of nitrogens with zero attached hydrogens (tertiary/aromatic N) is 2. The molecule has 2 amide bonds. The molecule has 4 aromatic rings. The van der Waals surface area contributed by atoms with Gasteiger partial charge in [0.1, 0.15) is 12.6 Å². The number of sulfonamides is 1. The van der Waals surface area contributed by atoms with Crippen molar-refractivity contribution in [3.63, 3.8) is 0 Å². The van der Waals surface area contributed by atoms with Crippen molar-refractivity contribution in [3.05, 3.63) is 132 Å². The Morgan fingerprint density at radius 2 is 1.28 bits per heavy atom. The van der Waals surface area contributed by atoms with E-state index in [0.717, 1.165) is 21.0 Å². The van der Waals surface area contributed by atoms with Gasteiger partial charge in [0.2, 0.25) is 11.8 Å². The molecule has 0 aliphatic heterocycles. The summed E-state index contributed by atoms with van der Waals surface area (Å²) in [6, 6.07) is 33.4. The molecule has 0 saturated heterocycles. The molecule has 0 aliphatic carbocycles. The number of likely N-dealkylation sites (N-methyl/N-ethyl adjacent to an activating group) is 1. The quantitative estimate of drug-likeness (QED) is 0.212. The van der Waals surface area contributed by atoms with Crippen LogP contribution >= 0.6 is 0 Å². The number of carbonyl (C=O) groups excluding carboxylic acids is 2. The van der Waals surface area contributed by atoms with Crippen molar-refractivity contribution in [1.29, 1.82) is 0 Å². The van der Waals surface area contributed by atoms with Gasteiger partial charge in [-0.1, -0.05) is 105 Å². The van der Waals surface area contributed by atoms with E-state index >= 15 is 0 Å². The van der Waals surface area contributed by atoms with Crippen molar-refractivity contribution in [2.45, 2.75) is 50.6 Å². The summed E-state index contributed by atoms with van der Waals surface area (Å²) in [6.45, 7) is 6.01. The fraction of sp³-hybridized carbons (Fsp3) is 0.257. The van der Waals surface area contributed by atoms with Gasteiger partial charge in [0.15, 0.2) is 0 Å². The molecule has 0 unspecified atom stereocenters. The smallest absolute Gasteiger partial charge is 0.264 e. The monoisotopic (exact) mass is 597 g/mol. The number of hydrogen-bond acceptors (Lipinski definition) is 4. The Bertz CT molecular complexity index is 1580. The van der Waals surface area contributed by atoms with Gasteiger partial charge < -0.3 is 10.2 Å². The first kappa shape index (κ1) is 31.5. The van der Waals surface area contributed by atoms with E-state index < -0.39 is 28.5 Å². The van der Waals surface area contributed by atoms with Gasteiger partial charge in [-0.25, -0.2) is 8.42 Å². The highest BCUT2D eigenvalue weighted by Gasteiger charge is 2.34. The minimum atomic E-state index is -4.12. The van der Waals surface area contributed by atoms with Crippen LogP contribution in [0.15, 0.2) is 120 Å². The molecule has 4 aromatic carbocycles. The van der Waals surface area contributed by atoms with Crippen LogP contribution in [0.2, 0.25) is 0 Å².